The summed E-state index contributed by atoms with van der Waals surface area (Å²) in [5.41, 5.74) is 18.9. The van der Waals surface area contributed by atoms with Crippen LogP contribution in [0.15, 0.2) is 175 Å². The predicted octanol–water partition coefficient (Wildman–Crippen LogP) is 15.9. The molecule has 64 heavy (non-hydrogen) atoms. The fourth-order valence-electron chi connectivity index (χ4n) is 12.2. The average Bonchev–Trinajstić information content (AvgIpc) is 3.94. The van der Waals surface area contributed by atoms with Gasteiger partial charge in [0, 0.05) is 47.7 Å². The quantitative estimate of drug-likeness (QED) is 0.173. The van der Waals surface area contributed by atoms with E-state index in [-0.39, 0.29) is 10.8 Å². The Morgan fingerprint density at radius 3 is 1.88 bits per heavy atom. The topological polar surface area (TPSA) is 38.7 Å². The summed E-state index contributed by atoms with van der Waals surface area (Å²) in [5.74, 6) is 2.53. The van der Waals surface area contributed by atoms with E-state index < -0.39 is 0 Å². The fraction of sp³-hybridized carbons (Fsp3) is 0.183. The third-order valence-corrected chi connectivity index (χ3v) is 16.5. The van der Waals surface area contributed by atoms with Crippen LogP contribution in [0.3, 0.4) is 0 Å². The first-order valence-corrected chi connectivity index (χ1v) is 23.9. The molecule has 0 aliphatic heterocycles. The number of benzene rings is 7. The zero-order valence-electron chi connectivity index (χ0n) is 36.2. The van der Waals surface area contributed by atoms with Gasteiger partial charge in [0.2, 0.25) is 0 Å². The fourth-order valence-corrected chi connectivity index (χ4v) is 13.4. The molecule has 0 radical (unpaired) electrons. The number of hydrogen-bond donors (Lipinski definition) is 0. The highest BCUT2D eigenvalue weighted by Crippen LogP contribution is 2.65. The van der Waals surface area contributed by atoms with Crippen LogP contribution in [0.25, 0.3) is 87.7 Å². The largest absolute Gasteiger partial charge is 0.208 e. The van der Waals surface area contributed by atoms with Gasteiger partial charge in [-0.3, -0.25) is 0 Å². The standard InChI is InChI=1S/C60H47N3S/c1-59(2)49-24-11-10-20-43(49)46-35-52-48(36-51(46)59)54-42(21-15-25-50(54)60(52)32-12-5-13-33-60)41-30-31-53-47(34-41)44-22-14-23-45(55(44)64-53)58-62-56(39-18-8-4-9-19-39)61-57(63-58)40-28-26-38(27-29-40)37-16-6-3-7-17-37/h3-4,6-11,14-31,34,36,52H,5,12-13,32-33,35H2,1-2H3. The molecule has 0 saturated heterocycles. The van der Waals surface area contributed by atoms with Crippen molar-refractivity contribution in [1.29, 1.82) is 0 Å². The van der Waals surface area contributed by atoms with E-state index in [0.717, 1.165) is 28.7 Å². The van der Waals surface area contributed by atoms with Gasteiger partial charge in [0.1, 0.15) is 0 Å². The minimum Gasteiger partial charge on any atom is -0.208 e. The molecular weight excluding hydrogens is 795 g/mol. The second kappa shape index (κ2) is 14.4. The zero-order valence-corrected chi connectivity index (χ0v) is 37.1. The van der Waals surface area contributed by atoms with E-state index in [2.05, 4.69) is 166 Å². The van der Waals surface area contributed by atoms with Gasteiger partial charge in [-0.15, -0.1) is 11.3 Å². The Labute approximate surface area is 379 Å². The minimum atomic E-state index is -0.0122. The van der Waals surface area contributed by atoms with Crippen LogP contribution in [0.5, 0.6) is 0 Å². The number of rotatable bonds is 5. The lowest BCUT2D eigenvalue weighted by atomic mass is 9.62. The second-order valence-corrected chi connectivity index (χ2v) is 20.0. The van der Waals surface area contributed by atoms with E-state index in [9.17, 15) is 0 Å². The van der Waals surface area contributed by atoms with Crippen molar-refractivity contribution in [2.75, 3.05) is 0 Å². The summed E-state index contributed by atoms with van der Waals surface area (Å²) < 4.78 is 2.47. The number of nitrogens with zero attached hydrogens (tertiary/aromatic N) is 3. The number of fused-ring (bicyclic) bond motifs is 10. The van der Waals surface area contributed by atoms with Gasteiger partial charge in [0.05, 0.1) is 0 Å². The molecule has 4 aliphatic carbocycles. The average molecular weight is 842 g/mol. The van der Waals surface area contributed by atoms with E-state index in [4.69, 9.17) is 15.0 Å². The molecule has 308 valence electrons. The van der Waals surface area contributed by atoms with Crippen molar-refractivity contribution in [3.63, 3.8) is 0 Å². The van der Waals surface area contributed by atoms with Gasteiger partial charge in [-0.05, 0) is 105 Å². The van der Waals surface area contributed by atoms with Crippen molar-refractivity contribution < 1.29 is 0 Å². The number of thiophene rings is 1. The van der Waals surface area contributed by atoms with Gasteiger partial charge < -0.3 is 0 Å². The summed E-state index contributed by atoms with van der Waals surface area (Å²) in [5, 5.41) is 2.52. The van der Waals surface area contributed by atoms with Crippen LogP contribution in [0.2, 0.25) is 0 Å². The highest BCUT2D eigenvalue weighted by molar-refractivity contribution is 7.26. The molecule has 7 aromatic carbocycles. The van der Waals surface area contributed by atoms with Crippen LogP contribution in [0.1, 0.15) is 74.6 Å². The van der Waals surface area contributed by atoms with Crippen molar-refractivity contribution in [2.24, 2.45) is 5.92 Å². The SMILES string of the molecule is CC1(C)C2=C(CC3C(=C2)c2c(-c4ccc5sc6c(-c7nc(-c8ccccc8)nc(-c8ccc(-c9ccccc9)cc8)n7)cccc6c5c4)cccc2C32CCCCC2)c2ccccc21. The summed E-state index contributed by atoms with van der Waals surface area (Å²) in [7, 11) is 0. The molecule has 3 nitrogen and oxygen atoms in total. The van der Waals surface area contributed by atoms with E-state index in [1.165, 1.54) is 91.2 Å². The highest BCUT2D eigenvalue weighted by Gasteiger charge is 2.53. The Morgan fingerprint density at radius 1 is 0.500 bits per heavy atom. The van der Waals surface area contributed by atoms with Gasteiger partial charge in [0.15, 0.2) is 17.5 Å². The summed E-state index contributed by atoms with van der Waals surface area (Å²) in [6.45, 7) is 4.88. The molecule has 1 saturated carbocycles. The maximum atomic E-state index is 5.23. The summed E-state index contributed by atoms with van der Waals surface area (Å²) >= 11 is 1.84. The Bertz CT molecular complexity index is 3400. The highest BCUT2D eigenvalue weighted by atomic mass is 32.1. The maximum Gasteiger partial charge on any atom is 0.165 e. The van der Waals surface area contributed by atoms with E-state index >= 15 is 0 Å². The van der Waals surface area contributed by atoms with E-state index in [1.807, 2.05) is 29.5 Å². The Hall–Kier alpha value is -6.75. The first-order chi connectivity index (χ1) is 31.4. The third kappa shape index (κ3) is 5.68. The lowest BCUT2D eigenvalue weighted by molar-refractivity contribution is 0.242. The summed E-state index contributed by atoms with van der Waals surface area (Å²) in [4.78, 5) is 15.5. The van der Waals surface area contributed by atoms with Crippen molar-refractivity contribution >= 4 is 42.7 Å². The van der Waals surface area contributed by atoms with Crippen LogP contribution in [0, 0.1) is 5.92 Å². The van der Waals surface area contributed by atoms with Gasteiger partial charge in [-0.1, -0.05) is 185 Å². The Balaban J connectivity index is 0.946. The molecule has 0 amide bonds. The van der Waals surface area contributed by atoms with Crippen LogP contribution in [-0.4, -0.2) is 15.0 Å². The van der Waals surface area contributed by atoms with Gasteiger partial charge in [0.25, 0.3) is 0 Å². The monoisotopic (exact) mass is 841 g/mol. The first-order valence-electron chi connectivity index (χ1n) is 23.1. The molecule has 0 bridgehead atoms. The molecule has 4 aliphatic rings. The van der Waals surface area contributed by atoms with E-state index in [0.29, 0.717) is 23.4 Å². The number of hydrogen-bond acceptors (Lipinski definition) is 4. The zero-order chi connectivity index (χ0) is 42.6. The molecule has 1 atom stereocenters. The van der Waals surface area contributed by atoms with Crippen molar-refractivity contribution in [3.05, 3.63) is 198 Å². The smallest absolute Gasteiger partial charge is 0.165 e. The van der Waals surface area contributed by atoms with E-state index in [1.54, 1.807) is 16.7 Å². The van der Waals surface area contributed by atoms with Crippen molar-refractivity contribution in [2.45, 2.75) is 63.2 Å². The lowest BCUT2D eigenvalue weighted by Crippen LogP contribution is -2.34. The van der Waals surface area contributed by atoms with Crippen LogP contribution < -0.4 is 0 Å². The lowest BCUT2D eigenvalue weighted by Gasteiger charge is -2.42. The van der Waals surface area contributed by atoms with Crippen LogP contribution in [-0.2, 0) is 10.8 Å². The van der Waals surface area contributed by atoms with Crippen molar-refractivity contribution in [1.82, 2.24) is 15.0 Å². The van der Waals surface area contributed by atoms with Crippen LogP contribution in [0.4, 0.5) is 0 Å². The van der Waals surface area contributed by atoms with Gasteiger partial charge >= 0.3 is 0 Å². The molecule has 9 aromatic rings. The minimum absolute atomic E-state index is 0.0122. The molecule has 2 aromatic heterocycles. The third-order valence-electron chi connectivity index (χ3n) is 15.3. The number of allylic oxidation sites excluding steroid dienone is 4. The Morgan fingerprint density at radius 2 is 1.09 bits per heavy atom. The predicted molar refractivity (Wildman–Crippen MR) is 267 cm³/mol. The van der Waals surface area contributed by atoms with Gasteiger partial charge in [-0.25, -0.2) is 15.0 Å². The normalized spacial score (nSPS) is 17.9. The molecule has 1 spiro atoms. The molecule has 1 fully saturated rings. The van der Waals surface area contributed by atoms with Gasteiger partial charge in [-0.2, -0.15) is 0 Å². The molecule has 1 unspecified atom stereocenters. The second-order valence-electron chi connectivity index (χ2n) is 19.0. The molecular formula is C60H47N3S. The molecule has 2 heterocycles. The molecule has 0 N–H and O–H groups in total. The number of aromatic nitrogens is 3. The van der Waals surface area contributed by atoms with Crippen molar-refractivity contribution in [3.8, 4) is 56.4 Å². The summed E-state index contributed by atoms with van der Waals surface area (Å²) in [6.07, 6.45) is 10.3. The summed E-state index contributed by atoms with van der Waals surface area (Å²) in [6, 6.07) is 59.7. The first kappa shape index (κ1) is 37.8. The molecule has 4 heteroatoms. The Kier molecular flexibility index (Phi) is 8.49. The molecule has 13 rings (SSSR count). The maximum absolute atomic E-state index is 5.23. The van der Waals surface area contributed by atoms with Crippen LogP contribution >= 0.6 is 11.3 Å².